The molecule has 1 aliphatic rings. The second kappa shape index (κ2) is 9.81. The Morgan fingerprint density at radius 3 is 2.66 bits per heavy atom. The van der Waals surface area contributed by atoms with E-state index in [-0.39, 0.29) is 11.4 Å². The zero-order valence-corrected chi connectivity index (χ0v) is 20.3. The van der Waals surface area contributed by atoms with Crippen molar-refractivity contribution in [1.82, 2.24) is 19.5 Å². The second-order valence-electron chi connectivity index (χ2n) is 8.64. The number of nitrogens with zero attached hydrogens (tertiary/aromatic N) is 4. The molecule has 0 saturated carbocycles. The van der Waals surface area contributed by atoms with E-state index in [0.29, 0.717) is 64.8 Å². The van der Waals surface area contributed by atoms with E-state index < -0.39 is 0 Å². The van der Waals surface area contributed by atoms with Crippen LogP contribution in [-0.2, 0) is 7.05 Å². The zero-order valence-electron chi connectivity index (χ0n) is 20.3. The third kappa shape index (κ3) is 4.59. The van der Waals surface area contributed by atoms with Crippen LogP contribution in [0.5, 0.6) is 23.1 Å². The number of benzene rings is 2. The molecule has 0 aliphatic carbocycles. The van der Waals surface area contributed by atoms with Crippen LogP contribution in [0, 0.1) is 5.82 Å². The van der Waals surface area contributed by atoms with Gasteiger partial charge in [-0.1, -0.05) is 12.1 Å². The summed E-state index contributed by atoms with van der Waals surface area (Å²) in [5.74, 6) is 2.06. The summed E-state index contributed by atoms with van der Waals surface area (Å²) in [4.78, 5) is 26.4. The van der Waals surface area contributed by atoms with Crippen LogP contribution in [0.4, 0.5) is 16.0 Å². The summed E-state index contributed by atoms with van der Waals surface area (Å²) in [6, 6.07) is 16.7. The second-order valence-corrected chi connectivity index (χ2v) is 8.64. The molecule has 4 heterocycles. The maximum Gasteiger partial charge on any atom is 0.264 e. The molecule has 0 unspecified atom stereocenters. The van der Waals surface area contributed by atoms with E-state index in [2.05, 4.69) is 20.3 Å². The molecule has 0 radical (unpaired) electrons. The highest BCUT2D eigenvalue weighted by Gasteiger charge is 2.16. The van der Waals surface area contributed by atoms with Gasteiger partial charge in [0.15, 0.2) is 11.5 Å². The lowest BCUT2D eigenvalue weighted by Crippen LogP contribution is -2.22. The number of para-hydroxylation sites is 1. The zero-order chi connectivity index (χ0) is 26.1. The van der Waals surface area contributed by atoms with Crippen LogP contribution in [0.1, 0.15) is 6.42 Å². The average Bonchev–Trinajstić information content (AvgIpc) is 3.17. The molecular formula is C28H22FN5O4. The van der Waals surface area contributed by atoms with Gasteiger partial charge in [-0.3, -0.25) is 14.3 Å². The number of fused-ring (bicyclic) bond motifs is 2. The third-order valence-corrected chi connectivity index (χ3v) is 6.04. The monoisotopic (exact) mass is 511 g/mol. The number of halogens is 1. The summed E-state index contributed by atoms with van der Waals surface area (Å²) in [7, 11) is 1.60. The first-order valence-electron chi connectivity index (χ1n) is 12.0. The van der Waals surface area contributed by atoms with Gasteiger partial charge < -0.3 is 19.5 Å². The molecule has 38 heavy (non-hydrogen) atoms. The highest BCUT2D eigenvalue weighted by molar-refractivity contribution is 5.86. The van der Waals surface area contributed by atoms with Gasteiger partial charge in [-0.05, 0) is 48.5 Å². The van der Waals surface area contributed by atoms with Crippen molar-refractivity contribution in [2.75, 3.05) is 18.5 Å². The highest BCUT2D eigenvalue weighted by atomic mass is 19.1. The molecule has 0 amide bonds. The van der Waals surface area contributed by atoms with E-state index in [1.807, 2.05) is 24.3 Å². The third-order valence-electron chi connectivity index (χ3n) is 6.04. The van der Waals surface area contributed by atoms with Crippen LogP contribution in [0.15, 0.2) is 77.9 Å². The molecule has 190 valence electrons. The van der Waals surface area contributed by atoms with Gasteiger partial charge in [0.25, 0.3) is 11.4 Å². The van der Waals surface area contributed by atoms with Gasteiger partial charge in [-0.25, -0.2) is 14.4 Å². The van der Waals surface area contributed by atoms with Gasteiger partial charge in [0.1, 0.15) is 17.1 Å². The van der Waals surface area contributed by atoms with Crippen LogP contribution >= 0.6 is 0 Å². The average molecular weight is 512 g/mol. The number of aromatic nitrogens is 4. The fraction of sp³-hybridized carbons (Fsp3) is 0.143. The van der Waals surface area contributed by atoms with Crippen molar-refractivity contribution in [3.63, 3.8) is 0 Å². The highest BCUT2D eigenvalue weighted by Crippen LogP contribution is 2.36. The first-order valence-corrected chi connectivity index (χ1v) is 12.0. The molecule has 10 heteroatoms. The summed E-state index contributed by atoms with van der Waals surface area (Å²) in [5.41, 5.74) is 1.75. The molecule has 0 fully saturated rings. The first-order chi connectivity index (χ1) is 18.5. The molecule has 1 N–H and O–H groups in total. The molecule has 0 saturated heterocycles. The molecule has 3 aromatic heterocycles. The van der Waals surface area contributed by atoms with Crippen molar-refractivity contribution in [3.05, 3.63) is 89.2 Å². The molecule has 9 nitrogen and oxygen atoms in total. The summed E-state index contributed by atoms with van der Waals surface area (Å²) in [5, 5.41) is 3.88. The van der Waals surface area contributed by atoms with Crippen LogP contribution in [0.2, 0.25) is 0 Å². The summed E-state index contributed by atoms with van der Waals surface area (Å²) in [6.07, 6.45) is 3.79. The standard InChI is InChI=1S/C28H22FN5O4/c1-34-27(35)21(16-31-28(34)32-19-8-6-18(29)7-9-19)22-11-10-20(15-30-22)38-23-5-2-4-17-14-24-26(33-25(17)23)37-13-3-12-36-24/h2,4-11,14-16H,3,12-13H2,1H3,(H,31,32). The van der Waals surface area contributed by atoms with Gasteiger partial charge in [-0.2, -0.15) is 0 Å². The van der Waals surface area contributed by atoms with Crippen molar-refractivity contribution in [1.29, 1.82) is 0 Å². The van der Waals surface area contributed by atoms with Crippen LogP contribution in [0.3, 0.4) is 0 Å². The fourth-order valence-corrected chi connectivity index (χ4v) is 4.06. The Morgan fingerprint density at radius 2 is 1.84 bits per heavy atom. The number of pyridine rings is 2. The predicted molar refractivity (Wildman–Crippen MR) is 140 cm³/mol. The molecule has 1 aliphatic heterocycles. The Labute approximate surface area is 216 Å². The van der Waals surface area contributed by atoms with E-state index in [4.69, 9.17) is 14.2 Å². The minimum absolute atomic E-state index is 0.285. The summed E-state index contributed by atoms with van der Waals surface area (Å²) >= 11 is 0. The molecule has 0 atom stereocenters. The number of nitrogens with one attached hydrogen (secondary N) is 1. The van der Waals surface area contributed by atoms with Gasteiger partial charge in [0.2, 0.25) is 5.95 Å². The van der Waals surface area contributed by atoms with E-state index >= 15 is 0 Å². The van der Waals surface area contributed by atoms with Crippen LogP contribution in [-0.4, -0.2) is 32.7 Å². The number of hydrogen-bond donors (Lipinski definition) is 1. The lowest BCUT2D eigenvalue weighted by Gasteiger charge is -2.12. The molecule has 5 aromatic rings. The maximum absolute atomic E-state index is 13.2. The van der Waals surface area contributed by atoms with E-state index in [1.165, 1.54) is 22.9 Å². The molecule has 0 bridgehead atoms. The summed E-state index contributed by atoms with van der Waals surface area (Å²) in [6.45, 7) is 1.12. The van der Waals surface area contributed by atoms with E-state index in [1.54, 1.807) is 37.5 Å². The van der Waals surface area contributed by atoms with Crippen molar-refractivity contribution in [2.24, 2.45) is 7.05 Å². The quantitative estimate of drug-likeness (QED) is 0.343. The topological polar surface area (TPSA) is 100 Å². The SMILES string of the molecule is Cn1c(Nc2ccc(F)cc2)ncc(-c2ccc(Oc3cccc4cc5c(nc34)OCCCO5)cn2)c1=O. The Balaban J connectivity index is 1.24. The Hall–Kier alpha value is -4.99. The van der Waals surface area contributed by atoms with Gasteiger partial charge in [0, 0.05) is 30.7 Å². The Kier molecular flexibility index (Phi) is 6.04. The normalized spacial score (nSPS) is 12.7. The maximum atomic E-state index is 13.2. The molecular weight excluding hydrogens is 489 g/mol. The minimum atomic E-state index is -0.346. The van der Waals surface area contributed by atoms with Crippen molar-refractivity contribution >= 4 is 22.5 Å². The van der Waals surface area contributed by atoms with E-state index in [0.717, 1.165) is 11.8 Å². The van der Waals surface area contributed by atoms with Crippen molar-refractivity contribution in [3.8, 4) is 34.4 Å². The lowest BCUT2D eigenvalue weighted by atomic mass is 10.2. The number of ether oxygens (including phenoxy) is 3. The summed E-state index contributed by atoms with van der Waals surface area (Å²) < 4.78 is 32.1. The predicted octanol–water partition coefficient (Wildman–Crippen LogP) is 5.23. The number of anilines is 2. The number of hydrogen-bond acceptors (Lipinski definition) is 8. The van der Waals surface area contributed by atoms with Crippen molar-refractivity contribution in [2.45, 2.75) is 6.42 Å². The number of rotatable bonds is 5. The molecule has 2 aromatic carbocycles. The van der Waals surface area contributed by atoms with Gasteiger partial charge in [-0.15, -0.1) is 0 Å². The molecule has 0 spiro atoms. The Bertz CT molecular complexity index is 1690. The van der Waals surface area contributed by atoms with Crippen LogP contribution < -0.4 is 25.1 Å². The fourth-order valence-electron chi connectivity index (χ4n) is 4.06. The lowest BCUT2D eigenvalue weighted by molar-refractivity contribution is 0.293. The Morgan fingerprint density at radius 1 is 1.00 bits per heavy atom. The smallest absolute Gasteiger partial charge is 0.264 e. The minimum Gasteiger partial charge on any atom is -0.488 e. The van der Waals surface area contributed by atoms with Crippen molar-refractivity contribution < 1.29 is 18.6 Å². The van der Waals surface area contributed by atoms with E-state index in [9.17, 15) is 9.18 Å². The van der Waals surface area contributed by atoms with Gasteiger partial charge in [0.05, 0.1) is 30.7 Å². The van der Waals surface area contributed by atoms with Crippen LogP contribution in [0.25, 0.3) is 22.2 Å². The largest absolute Gasteiger partial charge is 0.488 e. The first kappa shape index (κ1) is 23.4. The molecule has 6 rings (SSSR count). The van der Waals surface area contributed by atoms with Gasteiger partial charge >= 0.3 is 0 Å².